The van der Waals surface area contributed by atoms with Crippen molar-refractivity contribution < 1.29 is 23.6 Å². The molecule has 0 radical (unpaired) electrons. The highest BCUT2D eigenvalue weighted by atomic mass is 35.5. The number of anilines is 1. The van der Waals surface area contributed by atoms with Crippen LogP contribution in [0, 0.1) is 6.92 Å². The lowest BCUT2D eigenvalue weighted by Gasteiger charge is -2.12. The van der Waals surface area contributed by atoms with Gasteiger partial charge in [0.2, 0.25) is 0 Å². The lowest BCUT2D eigenvalue weighted by atomic mass is 10.2. The topological polar surface area (TPSA) is 90.7 Å². The Morgan fingerprint density at radius 2 is 1.93 bits per heavy atom. The van der Waals surface area contributed by atoms with Crippen LogP contribution >= 0.6 is 23.2 Å². The molecule has 1 amide bonds. The molecule has 3 aromatic rings. The summed E-state index contributed by atoms with van der Waals surface area (Å²) in [5.41, 5.74) is 0.893. The highest BCUT2D eigenvalue weighted by Gasteiger charge is 2.16. The van der Waals surface area contributed by atoms with Gasteiger partial charge in [-0.15, -0.1) is 0 Å². The van der Waals surface area contributed by atoms with Crippen LogP contribution in [0.2, 0.25) is 10.0 Å². The number of amides is 1. The fraction of sp³-hybridized carbons (Fsp3) is 0.150. The van der Waals surface area contributed by atoms with Crippen molar-refractivity contribution in [1.82, 2.24) is 5.16 Å². The van der Waals surface area contributed by atoms with Gasteiger partial charge in [-0.25, -0.2) is 4.79 Å². The minimum atomic E-state index is -0.700. The number of hydrogen-bond donors (Lipinski definition) is 1. The Bertz CT molecular complexity index is 1040. The summed E-state index contributed by atoms with van der Waals surface area (Å²) in [6.45, 7) is 1.34. The molecule has 1 N–H and O–H groups in total. The van der Waals surface area contributed by atoms with Gasteiger partial charge in [0.1, 0.15) is 23.7 Å². The smallest absolute Gasteiger partial charge is 0.342 e. The van der Waals surface area contributed by atoms with Crippen molar-refractivity contribution in [3.05, 3.63) is 75.5 Å². The zero-order valence-corrected chi connectivity index (χ0v) is 16.8. The molecule has 0 saturated heterocycles. The van der Waals surface area contributed by atoms with Crippen LogP contribution in [0.15, 0.2) is 53.1 Å². The van der Waals surface area contributed by atoms with E-state index in [2.05, 4.69) is 10.5 Å². The van der Waals surface area contributed by atoms with E-state index in [1.807, 2.05) is 0 Å². The van der Waals surface area contributed by atoms with Crippen LogP contribution in [0.5, 0.6) is 5.75 Å². The van der Waals surface area contributed by atoms with Crippen molar-refractivity contribution >= 4 is 40.9 Å². The minimum absolute atomic E-state index is 0.131. The maximum atomic E-state index is 12.4. The molecule has 0 bridgehead atoms. The van der Waals surface area contributed by atoms with Gasteiger partial charge in [0.05, 0.1) is 0 Å². The number of aromatic nitrogens is 1. The minimum Gasteiger partial charge on any atom is -0.488 e. The summed E-state index contributed by atoms with van der Waals surface area (Å²) in [5, 5.41) is 7.07. The van der Waals surface area contributed by atoms with Gasteiger partial charge in [0, 0.05) is 21.7 Å². The van der Waals surface area contributed by atoms with E-state index >= 15 is 0 Å². The van der Waals surface area contributed by atoms with E-state index in [4.69, 9.17) is 37.2 Å². The van der Waals surface area contributed by atoms with Gasteiger partial charge in [-0.3, -0.25) is 4.79 Å². The molecular weight excluding hydrogens is 419 g/mol. The summed E-state index contributed by atoms with van der Waals surface area (Å²) < 4.78 is 15.6. The van der Waals surface area contributed by atoms with Crippen molar-refractivity contribution in [1.29, 1.82) is 0 Å². The number of carbonyl (C=O) groups excluding carboxylic acids is 2. The third-order valence-corrected chi connectivity index (χ3v) is 4.32. The molecule has 0 fully saturated rings. The molecule has 150 valence electrons. The van der Waals surface area contributed by atoms with Crippen LogP contribution in [0.4, 0.5) is 5.82 Å². The van der Waals surface area contributed by atoms with Crippen molar-refractivity contribution in [3.8, 4) is 5.75 Å². The molecule has 0 saturated carbocycles. The highest BCUT2D eigenvalue weighted by Crippen LogP contribution is 2.25. The summed E-state index contributed by atoms with van der Waals surface area (Å²) in [4.78, 5) is 24.3. The SMILES string of the molecule is Cc1cc(NC(=O)COC(=O)c2ccccc2OCc2ccc(Cl)cc2Cl)no1. The monoisotopic (exact) mass is 434 g/mol. The lowest BCUT2D eigenvalue weighted by molar-refractivity contribution is -0.119. The Hall–Kier alpha value is -3.03. The zero-order chi connectivity index (χ0) is 20.8. The van der Waals surface area contributed by atoms with Crippen LogP contribution in [0.3, 0.4) is 0 Å². The Balaban J connectivity index is 1.60. The average Bonchev–Trinajstić information content (AvgIpc) is 3.10. The Kier molecular flexibility index (Phi) is 6.74. The number of halogens is 2. The number of nitrogens with one attached hydrogen (secondary N) is 1. The fourth-order valence-electron chi connectivity index (χ4n) is 2.37. The molecule has 0 aliphatic carbocycles. The van der Waals surface area contributed by atoms with Gasteiger partial charge in [-0.2, -0.15) is 0 Å². The van der Waals surface area contributed by atoms with Crippen LogP contribution < -0.4 is 10.1 Å². The molecule has 1 heterocycles. The fourth-order valence-corrected chi connectivity index (χ4v) is 2.83. The van der Waals surface area contributed by atoms with E-state index < -0.39 is 18.5 Å². The van der Waals surface area contributed by atoms with Gasteiger partial charge < -0.3 is 19.3 Å². The van der Waals surface area contributed by atoms with Crippen molar-refractivity contribution in [2.75, 3.05) is 11.9 Å². The van der Waals surface area contributed by atoms with Gasteiger partial charge in [0.25, 0.3) is 5.91 Å². The zero-order valence-electron chi connectivity index (χ0n) is 15.3. The van der Waals surface area contributed by atoms with Crippen molar-refractivity contribution in [2.45, 2.75) is 13.5 Å². The van der Waals surface area contributed by atoms with E-state index in [0.29, 0.717) is 27.1 Å². The molecule has 1 aromatic heterocycles. The molecule has 0 unspecified atom stereocenters. The van der Waals surface area contributed by atoms with E-state index in [0.717, 1.165) is 0 Å². The van der Waals surface area contributed by atoms with Gasteiger partial charge >= 0.3 is 5.97 Å². The first kappa shape index (κ1) is 20.7. The largest absolute Gasteiger partial charge is 0.488 e. The summed E-state index contributed by atoms with van der Waals surface area (Å²) in [6, 6.07) is 13.1. The van der Waals surface area contributed by atoms with E-state index in [1.165, 1.54) is 0 Å². The molecule has 0 spiro atoms. The Morgan fingerprint density at radius 1 is 1.14 bits per heavy atom. The second-order valence-electron chi connectivity index (χ2n) is 5.97. The Morgan fingerprint density at radius 3 is 2.66 bits per heavy atom. The lowest BCUT2D eigenvalue weighted by Crippen LogP contribution is -2.21. The predicted molar refractivity (Wildman–Crippen MR) is 107 cm³/mol. The first-order valence-corrected chi connectivity index (χ1v) is 9.24. The van der Waals surface area contributed by atoms with Gasteiger partial charge in [-0.1, -0.05) is 46.6 Å². The summed E-state index contributed by atoms with van der Waals surface area (Å²) >= 11 is 12.0. The van der Waals surface area contributed by atoms with Crippen LogP contribution in [-0.2, 0) is 16.1 Å². The second kappa shape index (κ2) is 9.45. The summed E-state index contributed by atoms with van der Waals surface area (Å²) in [6.07, 6.45) is 0. The molecule has 3 rings (SSSR count). The first-order chi connectivity index (χ1) is 13.9. The molecule has 0 aliphatic rings. The molecular formula is C20H16Cl2N2O5. The van der Waals surface area contributed by atoms with E-state index in [-0.39, 0.29) is 18.0 Å². The number of esters is 1. The number of hydrogen-bond acceptors (Lipinski definition) is 6. The Labute approximate surface area is 176 Å². The van der Waals surface area contributed by atoms with Crippen LogP contribution in [0.25, 0.3) is 0 Å². The molecule has 7 nitrogen and oxygen atoms in total. The summed E-state index contributed by atoms with van der Waals surface area (Å²) in [7, 11) is 0. The van der Waals surface area contributed by atoms with Crippen LogP contribution in [-0.4, -0.2) is 23.6 Å². The maximum Gasteiger partial charge on any atom is 0.342 e. The molecule has 9 heteroatoms. The normalized spacial score (nSPS) is 10.4. The predicted octanol–water partition coefficient (Wildman–Crippen LogP) is 4.66. The third kappa shape index (κ3) is 5.73. The number of ether oxygens (including phenoxy) is 2. The van der Waals surface area contributed by atoms with Crippen LogP contribution in [0.1, 0.15) is 21.7 Å². The van der Waals surface area contributed by atoms with Gasteiger partial charge in [0.15, 0.2) is 12.4 Å². The molecule has 0 aliphatic heterocycles. The highest BCUT2D eigenvalue weighted by molar-refractivity contribution is 6.35. The third-order valence-electron chi connectivity index (χ3n) is 3.74. The molecule has 29 heavy (non-hydrogen) atoms. The number of rotatable bonds is 7. The van der Waals surface area contributed by atoms with Crippen molar-refractivity contribution in [2.24, 2.45) is 0 Å². The number of aryl methyl sites for hydroxylation is 1. The number of carbonyl (C=O) groups is 2. The molecule has 0 atom stereocenters. The maximum absolute atomic E-state index is 12.4. The second-order valence-corrected chi connectivity index (χ2v) is 6.81. The number of nitrogens with zero attached hydrogens (tertiary/aromatic N) is 1. The van der Waals surface area contributed by atoms with E-state index in [1.54, 1.807) is 55.5 Å². The first-order valence-electron chi connectivity index (χ1n) is 8.48. The van der Waals surface area contributed by atoms with Gasteiger partial charge in [-0.05, 0) is 31.2 Å². The standard InChI is InChI=1S/C20H16Cl2N2O5/c1-12-8-18(24-29-12)23-19(25)11-28-20(26)15-4-2-3-5-17(15)27-10-13-6-7-14(21)9-16(13)22/h2-9H,10-11H2,1H3,(H,23,24,25). The number of para-hydroxylation sites is 1. The van der Waals surface area contributed by atoms with E-state index in [9.17, 15) is 9.59 Å². The quantitative estimate of drug-likeness (QED) is 0.543. The molecule has 2 aromatic carbocycles. The summed E-state index contributed by atoms with van der Waals surface area (Å²) in [5.74, 6) is -0.153. The van der Waals surface area contributed by atoms with Crippen molar-refractivity contribution in [3.63, 3.8) is 0 Å². The average molecular weight is 435 g/mol. The number of benzene rings is 2.